The fourth-order valence-electron chi connectivity index (χ4n) is 2.59. The lowest BCUT2D eigenvalue weighted by atomic mass is 9.94. The molecule has 1 saturated carbocycles. The van der Waals surface area contributed by atoms with Gasteiger partial charge in [0.05, 0.1) is 5.56 Å². The summed E-state index contributed by atoms with van der Waals surface area (Å²) in [4.78, 5) is 4.98. The molecule has 2 atom stereocenters. The number of hydrogen-bond donors (Lipinski definition) is 2. The van der Waals surface area contributed by atoms with Gasteiger partial charge in [-0.15, -0.1) is 0 Å². The van der Waals surface area contributed by atoms with Crippen molar-refractivity contribution in [2.24, 2.45) is 5.73 Å². The summed E-state index contributed by atoms with van der Waals surface area (Å²) in [6.07, 6.45) is 7.25. The Labute approximate surface area is 124 Å². The minimum Gasteiger partial charge on any atom is -0.389 e. The van der Waals surface area contributed by atoms with Crippen molar-refractivity contribution in [3.8, 4) is 0 Å². The van der Waals surface area contributed by atoms with E-state index in [-0.39, 0.29) is 0 Å². The van der Waals surface area contributed by atoms with Gasteiger partial charge in [0, 0.05) is 17.0 Å². The molecule has 1 fully saturated rings. The molecule has 0 saturated heterocycles. The molecule has 0 amide bonds. The van der Waals surface area contributed by atoms with Crippen LogP contribution < -0.4 is 11.1 Å². The number of pyridine rings is 1. The highest BCUT2D eigenvalue weighted by atomic mass is 32.2. The number of nitrogens with one attached hydrogen (secondary N) is 1. The van der Waals surface area contributed by atoms with Crippen LogP contribution in [0, 0.1) is 6.92 Å². The SMILES string of the molecule is CSC1CCCCC1Nc1nc(C)ccc1C(N)=S. The zero-order valence-electron chi connectivity index (χ0n) is 11.5. The lowest BCUT2D eigenvalue weighted by Gasteiger charge is -2.31. The number of hydrogen-bond acceptors (Lipinski definition) is 4. The van der Waals surface area contributed by atoms with Gasteiger partial charge in [0.15, 0.2) is 0 Å². The van der Waals surface area contributed by atoms with Gasteiger partial charge in [0.25, 0.3) is 0 Å². The Morgan fingerprint density at radius 1 is 1.42 bits per heavy atom. The number of rotatable bonds is 4. The van der Waals surface area contributed by atoms with E-state index < -0.39 is 0 Å². The fraction of sp³-hybridized carbons (Fsp3) is 0.571. The number of aromatic nitrogens is 1. The first-order chi connectivity index (χ1) is 9.11. The number of nitrogens with zero attached hydrogens (tertiary/aromatic N) is 1. The smallest absolute Gasteiger partial charge is 0.136 e. The fourth-order valence-corrected chi connectivity index (χ4v) is 3.69. The molecule has 1 aromatic rings. The van der Waals surface area contributed by atoms with Crippen LogP contribution in [-0.2, 0) is 0 Å². The van der Waals surface area contributed by atoms with E-state index in [0.29, 0.717) is 16.3 Å². The second kappa shape index (κ2) is 6.57. The van der Waals surface area contributed by atoms with E-state index in [1.807, 2.05) is 30.8 Å². The Bertz CT molecular complexity index is 462. The lowest BCUT2D eigenvalue weighted by Crippen LogP contribution is -2.35. The van der Waals surface area contributed by atoms with Crippen LogP contribution in [0.2, 0.25) is 0 Å². The van der Waals surface area contributed by atoms with Crippen LogP contribution in [-0.4, -0.2) is 27.5 Å². The monoisotopic (exact) mass is 295 g/mol. The largest absolute Gasteiger partial charge is 0.389 e. The standard InChI is InChI=1S/C14H21N3S2/c1-9-7-8-10(13(15)18)14(16-9)17-11-5-3-4-6-12(11)19-2/h7-8,11-12H,3-6H2,1-2H3,(H2,15,18)(H,16,17). The summed E-state index contributed by atoms with van der Waals surface area (Å²) in [5.74, 6) is 0.846. The van der Waals surface area contributed by atoms with E-state index in [1.54, 1.807) is 0 Å². The van der Waals surface area contributed by atoms with Gasteiger partial charge in [-0.3, -0.25) is 0 Å². The van der Waals surface area contributed by atoms with E-state index >= 15 is 0 Å². The number of thiocarbonyl (C=S) groups is 1. The Morgan fingerprint density at radius 2 is 2.16 bits per heavy atom. The van der Waals surface area contributed by atoms with Gasteiger partial charge in [0.2, 0.25) is 0 Å². The number of nitrogens with two attached hydrogens (primary N) is 1. The zero-order valence-corrected chi connectivity index (χ0v) is 13.1. The van der Waals surface area contributed by atoms with Crippen molar-refractivity contribution < 1.29 is 0 Å². The maximum absolute atomic E-state index is 5.78. The minimum atomic E-state index is 0.409. The number of anilines is 1. The van der Waals surface area contributed by atoms with Crippen molar-refractivity contribution in [2.75, 3.05) is 11.6 Å². The zero-order chi connectivity index (χ0) is 13.8. The molecular formula is C14H21N3S2. The van der Waals surface area contributed by atoms with Crippen LogP contribution in [0.1, 0.15) is 36.9 Å². The average molecular weight is 295 g/mol. The lowest BCUT2D eigenvalue weighted by molar-refractivity contribution is 0.474. The van der Waals surface area contributed by atoms with Crippen molar-refractivity contribution >= 4 is 34.8 Å². The summed E-state index contributed by atoms with van der Waals surface area (Å²) >= 11 is 7.05. The first-order valence-electron chi connectivity index (χ1n) is 6.68. The molecule has 0 aromatic carbocycles. The van der Waals surface area contributed by atoms with E-state index in [1.165, 1.54) is 25.7 Å². The summed E-state index contributed by atoms with van der Waals surface area (Å²) in [5.41, 5.74) is 7.62. The van der Waals surface area contributed by atoms with Gasteiger partial charge in [-0.25, -0.2) is 4.98 Å². The molecule has 1 aliphatic rings. The van der Waals surface area contributed by atoms with Crippen molar-refractivity contribution in [1.82, 2.24) is 4.98 Å². The summed E-state index contributed by atoms with van der Waals surface area (Å²) in [5, 5.41) is 4.22. The number of thioether (sulfide) groups is 1. The molecule has 0 radical (unpaired) electrons. The van der Waals surface area contributed by atoms with Crippen molar-refractivity contribution in [1.29, 1.82) is 0 Å². The Hall–Kier alpha value is -0.810. The normalized spacial score (nSPS) is 23.1. The van der Waals surface area contributed by atoms with Crippen LogP contribution in [0.15, 0.2) is 12.1 Å². The van der Waals surface area contributed by atoms with Gasteiger partial charge >= 0.3 is 0 Å². The second-order valence-corrected chi connectivity index (χ2v) is 6.54. The molecule has 104 valence electrons. The molecule has 19 heavy (non-hydrogen) atoms. The van der Waals surface area contributed by atoms with Gasteiger partial charge < -0.3 is 11.1 Å². The van der Waals surface area contributed by atoms with Crippen molar-refractivity contribution in [2.45, 2.75) is 43.9 Å². The highest BCUT2D eigenvalue weighted by molar-refractivity contribution is 7.99. The topological polar surface area (TPSA) is 50.9 Å². The quantitative estimate of drug-likeness (QED) is 0.836. The molecule has 5 heteroatoms. The molecule has 2 unspecified atom stereocenters. The Morgan fingerprint density at radius 3 is 2.84 bits per heavy atom. The van der Waals surface area contributed by atoms with Crippen LogP contribution in [0.5, 0.6) is 0 Å². The summed E-state index contributed by atoms with van der Waals surface area (Å²) in [7, 11) is 0. The molecule has 1 aromatic heterocycles. The number of aryl methyl sites for hydroxylation is 1. The molecule has 0 spiro atoms. The van der Waals surface area contributed by atoms with Crippen molar-refractivity contribution in [3.63, 3.8) is 0 Å². The molecular weight excluding hydrogens is 274 g/mol. The third kappa shape index (κ3) is 3.60. The van der Waals surface area contributed by atoms with Crippen LogP contribution in [0.4, 0.5) is 5.82 Å². The predicted molar refractivity (Wildman–Crippen MR) is 88.0 cm³/mol. The van der Waals surface area contributed by atoms with E-state index in [0.717, 1.165) is 17.1 Å². The molecule has 0 aliphatic heterocycles. The van der Waals surface area contributed by atoms with Crippen molar-refractivity contribution in [3.05, 3.63) is 23.4 Å². The average Bonchev–Trinajstić information content (AvgIpc) is 2.39. The summed E-state index contributed by atoms with van der Waals surface area (Å²) in [6.45, 7) is 1.99. The van der Waals surface area contributed by atoms with Gasteiger partial charge in [-0.05, 0) is 38.2 Å². The third-order valence-corrected chi connectivity index (χ3v) is 5.02. The molecule has 1 heterocycles. The maximum Gasteiger partial charge on any atom is 0.136 e. The molecule has 1 aliphatic carbocycles. The minimum absolute atomic E-state index is 0.409. The first-order valence-corrected chi connectivity index (χ1v) is 8.38. The molecule has 0 bridgehead atoms. The van der Waals surface area contributed by atoms with Gasteiger partial charge in [0.1, 0.15) is 10.8 Å². The van der Waals surface area contributed by atoms with Crippen LogP contribution >= 0.6 is 24.0 Å². The predicted octanol–water partition coefficient (Wildman–Crippen LogP) is 3.11. The summed E-state index contributed by atoms with van der Waals surface area (Å²) < 4.78 is 0. The van der Waals surface area contributed by atoms with E-state index in [9.17, 15) is 0 Å². The van der Waals surface area contributed by atoms with E-state index in [2.05, 4.69) is 16.6 Å². The third-order valence-electron chi connectivity index (χ3n) is 3.63. The highest BCUT2D eigenvalue weighted by Gasteiger charge is 2.25. The Kier molecular flexibility index (Phi) is 5.05. The Balaban J connectivity index is 2.21. The highest BCUT2D eigenvalue weighted by Crippen LogP contribution is 2.30. The van der Waals surface area contributed by atoms with Gasteiger partial charge in [-0.1, -0.05) is 25.1 Å². The van der Waals surface area contributed by atoms with E-state index in [4.69, 9.17) is 18.0 Å². The van der Waals surface area contributed by atoms with Gasteiger partial charge in [-0.2, -0.15) is 11.8 Å². The van der Waals surface area contributed by atoms with Crippen LogP contribution in [0.25, 0.3) is 0 Å². The first kappa shape index (κ1) is 14.6. The second-order valence-electron chi connectivity index (χ2n) is 5.02. The molecule has 3 nitrogen and oxygen atoms in total. The van der Waals surface area contributed by atoms with Crippen LogP contribution in [0.3, 0.4) is 0 Å². The molecule has 2 rings (SSSR count). The molecule has 3 N–H and O–H groups in total. The summed E-state index contributed by atoms with van der Waals surface area (Å²) in [6, 6.07) is 4.38. The maximum atomic E-state index is 5.78.